The van der Waals surface area contributed by atoms with Gasteiger partial charge >= 0.3 is 16.6 Å². The maximum Gasteiger partial charge on any atom is 0.442 e. The van der Waals surface area contributed by atoms with Crippen molar-refractivity contribution in [2.75, 3.05) is 12.4 Å². The fourth-order valence-corrected chi connectivity index (χ4v) is 6.80. The van der Waals surface area contributed by atoms with Crippen LogP contribution >= 0.6 is 23.1 Å². The number of esters is 1. The van der Waals surface area contributed by atoms with Gasteiger partial charge in [0.1, 0.15) is 5.00 Å². The van der Waals surface area contributed by atoms with E-state index in [-0.39, 0.29) is 16.3 Å². The van der Waals surface area contributed by atoms with Crippen LogP contribution in [0.2, 0.25) is 0 Å². The zero-order valence-electron chi connectivity index (χ0n) is 21.2. The summed E-state index contributed by atoms with van der Waals surface area (Å²) in [6.45, 7) is 8.60. The quantitative estimate of drug-likeness (QED) is 0.259. The number of para-hydroxylation sites is 1. The summed E-state index contributed by atoms with van der Waals surface area (Å²) >= 11 is 2.59. The van der Waals surface area contributed by atoms with Crippen LogP contribution in [0.4, 0.5) is 5.00 Å². The Morgan fingerprint density at radius 3 is 2.67 bits per heavy atom. The molecule has 0 fully saturated rings. The average Bonchev–Trinajstić information content (AvgIpc) is 3.40. The van der Waals surface area contributed by atoms with E-state index in [0.29, 0.717) is 28.6 Å². The first-order valence-corrected chi connectivity index (χ1v) is 13.7. The fraction of sp³-hybridized carbons (Fsp3) is 0.462. The molecule has 1 aromatic carbocycles. The number of amides is 1. The van der Waals surface area contributed by atoms with Gasteiger partial charge in [0.2, 0.25) is 11.6 Å². The second-order valence-corrected chi connectivity index (χ2v) is 12.3. The van der Waals surface area contributed by atoms with Gasteiger partial charge in [-0.15, -0.1) is 11.3 Å². The molecule has 4 rings (SSSR count). The second-order valence-electron chi connectivity index (χ2n) is 9.97. The topological polar surface area (TPSA) is 105 Å². The molecule has 0 bridgehead atoms. The first-order valence-electron chi connectivity index (χ1n) is 12.0. The van der Waals surface area contributed by atoms with E-state index in [1.807, 2.05) is 37.3 Å². The van der Waals surface area contributed by atoms with Crippen molar-refractivity contribution in [2.45, 2.75) is 63.7 Å². The van der Waals surface area contributed by atoms with Crippen molar-refractivity contribution in [1.29, 1.82) is 0 Å². The number of aromatic amines is 1. The minimum Gasteiger partial charge on any atom is -0.465 e. The molecule has 0 saturated heterocycles. The third-order valence-electron chi connectivity index (χ3n) is 6.66. The molecule has 2 unspecified atom stereocenters. The van der Waals surface area contributed by atoms with Crippen LogP contribution in [0, 0.1) is 11.3 Å². The lowest BCUT2D eigenvalue weighted by Gasteiger charge is -2.33. The summed E-state index contributed by atoms with van der Waals surface area (Å²) in [5, 5.41) is 5.80. The average molecular weight is 531 g/mol. The molecule has 1 aliphatic carbocycles. The normalized spacial score (nSPS) is 16.3. The van der Waals surface area contributed by atoms with Gasteiger partial charge < -0.3 is 10.1 Å². The standard InChI is InChI=1S/C26H31N3O5S2/c1-6-18(36-23-25(32)34-28-29(23)16-10-8-7-9-11-16)21(30)27-22-20(24(31)33-5)17-13-12-15(26(2,3)4)14-19(17)35-22/h7-11,15,18H,6,12-14H2,1-5H3,(H-,27,28,30,31,32)/p+1. The minimum atomic E-state index is -0.578. The van der Waals surface area contributed by atoms with E-state index in [0.717, 1.165) is 41.5 Å². The Morgan fingerprint density at radius 2 is 2.03 bits per heavy atom. The number of fused-ring (bicyclic) bond motifs is 1. The van der Waals surface area contributed by atoms with Crippen LogP contribution in [0.3, 0.4) is 0 Å². The molecule has 2 atom stereocenters. The minimum absolute atomic E-state index is 0.159. The molecule has 10 heteroatoms. The smallest absolute Gasteiger partial charge is 0.442 e. The first-order chi connectivity index (χ1) is 17.1. The zero-order valence-corrected chi connectivity index (χ0v) is 22.8. The molecule has 0 spiro atoms. The van der Waals surface area contributed by atoms with Crippen molar-refractivity contribution in [3.63, 3.8) is 0 Å². The number of nitrogens with one attached hydrogen (secondary N) is 2. The van der Waals surface area contributed by atoms with Crippen molar-refractivity contribution in [3.05, 3.63) is 56.8 Å². The number of hydrogen-bond donors (Lipinski definition) is 2. The van der Waals surface area contributed by atoms with Gasteiger partial charge in [-0.1, -0.05) is 45.9 Å². The van der Waals surface area contributed by atoms with Crippen LogP contribution < -0.4 is 15.6 Å². The third kappa shape index (κ3) is 5.29. The number of nitrogens with zero attached hydrogens (tertiary/aromatic N) is 1. The molecule has 2 aromatic heterocycles. The predicted molar refractivity (Wildman–Crippen MR) is 140 cm³/mol. The molecule has 2 N–H and O–H groups in total. The van der Waals surface area contributed by atoms with Crippen LogP contribution in [0.15, 0.2) is 44.7 Å². The molecule has 1 amide bonds. The summed E-state index contributed by atoms with van der Waals surface area (Å²) in [6, 6.07) is 9.24. The van der Waals surface area contributed by atoms with Gasteiger partial charge in [-0.25, -0.2) is 9.59 Å². The highest BCUT2D eigenvalue weighted by atomic mass is 32.2. The lowest BCUT2D eigenvalue weighted by Crippen LogP contribution is -2.37. The van der Waals surface area contributed by atoms with Gasteiger partial charge in [0.15, 0.2) is 0 Å². The van der Waals surface area contributed by atoms with Gasteiger partial charge in [0, 0.05) is 17.0 Å². The van der Waals surface area contributed by atoms with Crippen LogP contribution in [-0.2, 0) is 22.4 Å². The summed E-state index contributed by atoms with van der Waals surface area (Å²) in [7, 11) is 1.36. The van der Waals surface area contributed by atoms with Gasteiger partial charge in [-0.3, -0.25) is 9.32 Å². The van der Waals surface area contributed by atoms with Gasteiger partial charge in [0.05, 0.1) is 17.9 Å². The van der Waals surface area contributed by atoms with E-state index in [2.05, 4.69) is 31.4 Å². The van der Waals surface area contributed by atoms with E-state index < -0.39 is 16.8 Å². The Kier molecular flexibility index (Phi) is 7.75. The Balaban J connectivity index is 1.60. The monoisotopic (exact) mass is 530 g/mol. The number of carbonyl (C=O) groups excluding carboxylic acids is 2. The lowest BCUT2D eigenvalue weighted by molar-refractivity contribution is -0.704. The molecular weight excluding hydrogens is 498 g/mol. The number of rotatable bonds is 7. The third-order valence-corrected chi connectivity index (χ3v) is 9.23. The van der Waals surface area contributed by atoms with E-state index in [1.165, 1.54) is 23.1 Å². The van der Waals surface area contributed by atoms with Gasteiger partial charge in [0.25, 0.3) is 0 Å². The Labute approximate surface area is 218 Å². The number of H-pyrrole nitrogens is 1. The number of benzene rings is 1. The zero-order chi connectivity index (χ0) is 26.0. The number of methoxy groups -OCH3 is 1. The molecule has 3 aromatic rings. The van der Waals surface area contributed by atoms with Gasteiger partial charge in [-0.05, 0) is 64.3 Å². The highest BCUT2D eigenvalue weighted by Crippen LogP contribution is 2.44. The second kappa shape index (κ2) is 10.6. The van der Waals surface area contributed by atoms with Crippen LogP contribution in [0.1, 0.15) is 61.3 Å². The van der Waals surface area contributed by atoms with Crippen molar-refractivity contribution < 1.29 is 23.5 Å². The van der Waals surface area contributed by atoms with Gasteiger partial charge in [-0.2, -0.15) is 0 Å². The Bertz CT molecular complexity index is 1300. The molecule has 36 heavy (non-hydrogen) atoms. The van der Waals surface area contributed by atoms with Crippen molar-refractivity contribution in [2.24, 2.45) is 11.3 Å². The first kappa shape index (κ1) is 26.2. The predicted octanol–water partition coefficient (Wildman–Crippen LogP) is 4.75. The van der Waals surface area contributed by atoms with Crippen LogP contribution in [0.5, 0.6) is 0 Å². The summed E-state index contributed by atoms with van der Waals surface area (Å²) in [5.41, 5.74) is 1.76. The lowest BCUT2D eigenvalue weighted by atomic mass is 9.72. The maximum atomic E-state index is 13.4. The Morgan fingerprint density at radius 1 is 1.31 bits per heavy atom. The molecule has 192 valence electrons. The maximum absolute atomic E-state index is 13.4. The number of carbonyl (C=O) groups is 2. The SMILES string of the molecule is CCC(Sc1c(=O)o[nH][n+]1-c1ccccc1)C(=O)Nc1sc2c(c1C(=O)OC)CCC(C(C)(C)C)C2. The number of ether oxygens (including phenoxy) is 1. The summed E-state index contributed by atoms with van der Waals surface area (Å²) in [5.74, 6) is -0.220. The van der Waals surface area contributed by atoms with Crippen molar-refractivity contribution in [3.8, 4) is 5.69 Å². The summed E-state index contributed by atoms with van der Waals surface area (Å²) in [6.07, 6.45) is 3.11. The number of aromatic nitrogens is 2. The molecule has 0 aliphatic heterocycles. The molecular formula is C26H32N3O5S2+. The van der Waals surface area contributed by atoms with E-state index in [4.69, 9.17) is 9.26 Å². The fourth-order valence-electron chi connectivity index (χ4n) is 4.49. The largest absolute Gasteiger partial charge is 0.465 e. The number of anilines is 1. The van der Waals surface area contributed by atoms with Crippen LogP contribution in [-0.4, -0.2) is 29.5 Å². The number of hydrogen-bond acceptors (Lipinski definition) is 7. The van der Waals surface area contributed by atoms with Crippen molar-refractivity contribution in [1.82, 2.24) is 5.27 Å². The van der Waals surface area contributed by atoms with E-state index in [9.17, 15) is 14.4 Å². The molecule has 0 saturated carbocycles. The van der Waals surface area contributed by atoms with E-state index >= 15 is 0 Å². The molecule has 8 nitrogen and oxygen atoms in total. The highest BCUT2D eigenvalue weighted by molar-refractivity contribution is 8.00. The van der Waals surface area contributed by atoms with E-state index in [1.54, 1.807) is 0 Å². The summed E-state index contributed by atoms with van der Waals surface area (Å²) in [4.78, 5) is 39.7. The molecule has 0 radical (unpaired) electrons. The summed E-state index contributed by atoms with van der Waals surface area (Å²) < 4.78 is 11.6. The molecule has 2 heterocycles. The highest BCUT2D eigenvalue weighted by Gasteiger charge is 2.36. The Hall–Kier alpha value is -2.85. The number of thiophene rings is 1. The molecule has 1 aliphatic rings. The van der Waals surface area contributed by atoms with Crippen LogP contribution in [0.25, 0.3) is 5.69 Å². The van der Waals surface area contributed by atoms with Crippen molar-refractivity contribution >= 4 is 40.0 Å². The number of thioether (sulfide) groups is 1.